The van der Waals surface area contributed by atoms with E-state index >= 15 is 0 Å². The summed E-state index contributed by atoms with van der Waals surface area (Å²) in [6.07, 6.45) is 2.93. The summed E-state index contributed by atoms with van der Waals surface area (Å²) < 4.78 is 1.60. The number of fused-ring (bicyclic) bond motifs is 1. The number of aromatic nitrogens is 2. The molecule has 0 radical (unpaired) electrons. The lowest BCUT2D eigenvalue weighted by Crippen LogP contribution is -2.42. The Balaban J connectivity index is 1.70. The molecule has 7 heteroatoms. The van der Waals surface area contributed by atoms with Crippen LogP contribution in [-0.4, -0.2) is 32.5 Å². The number of aliphatic hydroxyl groups excluding tert-OH is 1. The summed E-state index contributed by atoms with van der Waals surface area (Å²) in [5.74, 6) is -0.379. The highest BCUT2D eigenvalue weighted by Crippen LogP contribution is 2.21. The number of imidazole rings is 1. The maximum Gasteiger partial charge on any atom is 0.271 e. The molecule has 2 aromatic heterocycles. The van der Waals surface area contributed by atoms with E-state index in [2.05, 4.69) is 10.3 Å². The number of pyridine rings is 1. The first-order valence-corrected chi connectivity index (χ1v) is 8.56. The Morgan fingerprint density at radius 1 is 1.28 bits per heavy atom. The lowest BCUT2D eigenvalue weighted by Gasteiger charge is -2.19. The number of hydrogen-bond donors (Lipinski definition) is 2. The van der Waals surface area contributed by atoms with Gasteiger partial charge in [-0.25, -0.2) is 4.98 Å². The highest BCUT2D eigenvalue weighted by molar-refractivity contribution is 6.36. The monoisotopic (exact) mass is 377 g/mol. The minimum Gasteiger partial charge on any atom is -0.391 e. The molecule has 1 aromatic carbocycles. The Hall–Kier alpha value is -2.08. The second kappa shape index (κ2) is 7.44. The molecule has 2 N–H and O–H groups in total. The molecule has 0 saturated heterocycles. The maximum absolute atomic E-state index is 12.4. The second-order valence-corrected chi connectivity index (χ2v) is 6.73. The number of benzene rings is 1. The smallest absolute Gasteiger partial charge is 0.271 e. The van der Waals surface area contributed by atoms with Crippen molar-refractivity contribution < 1.29 is 9.90 Å². The molecule has 0 aliphatic rings. The number of rotatable bonds is 5. The third-order valence-electron chi connectivity index (χ3n) is 3.93. The van der Waals surface area contributed by atoms with Crippen LogP contribution in [0.15, 0.2) is 48.8 Å². The molecule has 3 aromatic rings. The van der Waals surface area contributed by atoms with E-state index in [4.69, 9.17) is 23.2 Å². The third kappa shape index (κ3) is 4.12. The van der Waals surface area contributed by atoms with Gasteiger partial charge in [-0.1, -0.05) is 53.5 Å². The average molecular weight is 378 g/mol. The van der Waals surface area contributed by atoms with Crippen LogP contribution in [0.2, 0.25) is 10.0 Å². The lowest BCUT2D eigenvalue weighted by atomic mass is 10.0. The topological polar surface area (TPSA) is 66.6 Å². The Labute approximate surface area is 155 Å². The first kappa shape index (κ1) is 17.7. The van der Waals surface area contributed by atoms with E-state index in [0.717, 1.165) is 5.56 Å². The van der Waals surface area contributed by atoms with Crippen LogP contribution >= 0.6 is 23.2 Å². The first-order chi connectivity index (χ1) is 11.9. The number of hydrogen-bond acceptors (Lipinski definition) is 3. The molecule has 2 unspecified atom stereocenters. The standard InChI is InChI=1S/C18H17Cl2N3O2/c1-11(16(24)7-12-5-3-2-4-6-12)21-18(25)15-10-23-9-13(19)8-14(20)17(23)22-15/h2-6,8-11,16,24H,7H2,1H3,(H,21,25). The average Bonchev–Trinajstić information content (AvgIpc) is 3.00. The normalized spacial score (nSPS) is 13.6. The van der Waals surface area contributed by atoms with Crippen molar-refractivity contribution in [2.75, 3.05) is 0 Å². The van der Waals surface area contributed by atoms with Crippen molar-refractivity contribution in [1.82, 2.24) is 14.7 Å². The van der Waals surface area contributed by atoms with Crippen LogP contribution in [0.5, 0.6) is 0 Å². The summed E-state index contributed by atoms with van der Waals surface area (Å²) in [5.41, 5.74) is 1.67. The van der Waals surface area contributed by atoms with Crippen LogP contribution < -0.4 is 5.32 Å². The third-order valence-corrected chi connectivity index (χ3v) is 4.41. The minimum atomic E-state index is -0.707. The van der Waals surface area contributed by atoms with E-state index in [1.807, 2.05) is 30.3 Å². The predicted molar refractivity (Wildman–Crippen MR) is 98.3 cm³/mol. The van der Waals surface area contributed by atoms with Gasteiger partial charge in [-0.2, -0.15) is 0 Å². The molecule has 3 rings (SSSR count). The molecule has 0 spiro atoms. The Kier molecular flexibility index (Phi) is 5.27. The number of nitrogens with zero attached hydrogens (tertiary/aromatic N) is 2. The highest BCUT2D eigenvalue weighted by atomic mass is 35.5. The van der Waals surface area contributed by atoms with Crippen molar-refractivity contribution in [2.24, 2.45) is 0 Å². The van der Waals surface area contributed by atoms with Crippen LogP contribution in [-0.2, 0) is 6.42 Å². The maximum atomic E-state index is 12.4. The van der Waals surface area contributed by atoms with Gasteiger partial charge >= 0.3 is 0 Å². The van der Waals surface area contributed by atoms with Gasteiger partial charge in [0.1, 0.15) is 5.69 Å². The molecule has 2 heterocycles. The number of aliphatic hydroxyl groups is 1. The van der Waals surface area contributed by atoms with Gasteiger partial charge in [0, 0.05) is 18.8 Å². The molecule has 0 aliphatic carbocycles. The second-order valence-electron chi connectivity index (χ2n) is 5.88. The minimum absolute atomic E-state index is 0.211. The summed E-state index contributed by atoms with van der Waals surface area (Å²) in [5, 5.41) is 13.9. The molecule has 0 saturated carbocycles. The van der Waals surface area contributed by atoms with Crippen molar-refractivity contribution in [2.45, 2.75) is 25.5 Å². The van der Waals surface area contributed by atoms with E-state index in [1.165, 1.54) is 0 Å². The van der Waals surface area contributed by atoms with Crippen LogP contribution in [0, 0.1) is 0 Å². The van der Waals surface area contributed by atoms with Crippen molar-refractivity contribution in [3.63, 3.8) is 0 Å². The van der Waals surface area contributed by atoms with E-state index in [1.54, 1.807) is 29.8 Å². The van der Waals surface area contributed by atoms with Gasteiger partial charge in [0.05, 0.1) is 22.2 Å². The zero-order valence-corrected chi connectivity index (χ0v) is 15.0. The van der Waals surface area contributed by atoms with E-state index < -0.39 is 12.1 Å². The van der Waals surface area contributed by atoms with Crippen molar-refractivity contribution in [3.8, 4) is 0 Å². The number of carbonyl (C=O) groups is 1. The zero-order valence-electron chi connectivity index (χ0n) is 13.5. The summed E-state index contributed by atoms with van der Waals surface area (Å²) in [6, 6.07) is 10.8. The molecule has 0 fully saturated rings. The van der Waals surface area contributed by atoms with Crippen LogP contribution in [0.3, 0.4) is 0 Å². The van der Waals surface area contributed by atoms with Gasteiger partial charge in [-0.15, -0.1) is 0 Å². The molecular formula is C18H17Cl2N3O2. The van der Waals surface area contributed by atoms with Gasteiger partial charge in [-0.3, -0.25) is 4.79 Å². The number of nitrogens with one attached hydrogen (secondary N) is 1. The molecule has 1 amide bonds. The summed E-state index contributed by atoms with van der Waals surface area (Å²) in [4.78, 5) is 16.6. The molecule has 25 heavy (non-hydrogen) atoms. The van der Waals surface area contributed by atoms with Crippen molar-refractivity contribution >= 4 is 34.8 Å². The lowest BCUT2D eigenvalue weighted by molar-refractivity contribution is 0.0847. The Morgan fingerprint density at radius 2 is 2.00 bits per heavy atom. The van der Waals surface area contributed by atoms with Gasteiger partial charge < -0.3 is 14.8 Å². The fourth-order valence-corrected chi connectivity index (χ4v) is 3.07. The van der Waals surface area contributed by atoms with Crippen molar-refractivity contribution in [3.05, 3.63) is 70.1 Å². The molecule has 0 bridgehead atoms. The van der Waals surface area contributed by atoms with Crippen LogP contribution in [0.1, 0.15) is 23.0 Å². The molecule has 0 aliphatic heterocycles. The van der Waals surface area contributed by atoms with E-state index in [9.17, 15) is 9.90 Å². The number of amides is 1. The first-order valence-electron chi connectivity index (χ1n) is 7.80. The predicted octanol–water partition coefficient (Wildman–Crippen LogP) is 3.36. The van der Waals surface area contributed by atoms with Crippen LogP contribution in [0.25, 0.3) is 5.65 Å². The van der Waals surface area contributed by atoms with Gasteiger partial charge in [0.25, 0.3) is 5.91 Å². The zero-order chi connectivity index (χ0) is 18.0. The SMILES string of the molecule is CC(NC(=O)c1cn2cc(Cl)cc(Cl)c2n1)C(O)Cc1ccccc1. The van der Waals surface area contributed by atoms with E-state index in [-0.39, 0.29) is 11.6 Å². The molecule has 2 atom stereocenters. The van der Waals surface area contributed by atoms with Crippen molar-refractivity contribution in [1.29, 1.82) is 0 Å². The fraction of sp³-hybridized carbons (Fsp3) is 0.222. The van der Waals surface area contributed by atoms with Crippen LogP contribution in [0.4, 0.5) is 0 Å². The molecule has 130 valence electrons. The molecular weight excluding hydrogens is 361 g/mol. The quantitative estimate of drug-likeness (QED) is 0.716. The summed E-state index contributed by atoms with van der Waals surface area (Å²) in [6.45, 7) is 1.76. The Morgan fingerprint density at radius 3 is 2.72 bits per heavy atom. The van der Waals surface area contributed by atoms with Gasteiger partial charge in [0.15, 0.2) is 5.65 Å². The van der Waals surface area contributed by atoms with Gasteiger partial charge in [0.2, 0.25) is 0 Å². The highest BCUT2D eigenvalue weighted by Gasteiger charge is 2.20. The van der Waals surface area contributed by atoms with E-state index in [0.29, 0.717) is 22.1 Å². The summed E-state index contributed by atoms with van der Waals surface area (Å²) in [7, 11) is 0. The number of carbonyl (C=O) groups excluding carboxylic acids is 1. The largest absolute Gasteiger partial charge is 0.391 e. The molecule has 5 nitrogen and oxygen atoms in total. The Bertz CT molecular complexity index is 896. The number of halogens is 2. The summed E-state index contributed by atoms with van der Waals surface area (Å²) >= 11 is 12.0. The fourth-order valence-electron chi connectivity index (χ4n) is 2.54. The van der Waals surface area contributed by atoms with Gasteiger partial charge in [-0.05, 0) is 18.6 Å².